The first-order valence-corrected chi connectivity index (χ1v) is 6.70. The third kappa shape index (κ3) is 3.80. The van der Waals surface area contributed by atoms with Crippen molar-refractivity contribution in [2.24, 2.45) is 5.92 Å². The third-order valence-electron chi connectivity index (χ3n) is 2.71. The minimum absolute atomic E-state index is 0.0767. The minimum Gasteiger partial charge on any atom is -0.348 e. The van der Waals surface area contributed by atoms with Gasteiger partial charge in [-0.25, -0.2) is 4.39 Å². The van der Waals surface area contributed by atoms with E-state index in [1.165, 1.54) is 12.1 Å². The maximum atomic E-state index is 13.1. The molecule has 1 amide bonds. The van der Waals surface area contributed by atoms with Gasteiger partial charge in [0.25, 0.3) is 5.91 Å². The summed E-state index contributed by atoms with van der Waals surface area (Å²) in [7, 11) is 0. The van der Waals surface area contributed by atoms with Crippen molar-refractivity contribution < 1.29 is 9.18 Å². The molecule has 0 spiro atoms. The second kappa shape index (κ2) is 6.15. The Morgan fingerprint density at radius 3 is 2.59 bits per heavy atom. The van der Waals surface area contributed by atoms with Crippen molar-refractivity contribution in [3.63, 3.8) is 0 Å². The number of nitrogens with one attached hydrogen (secondary N) is 1. The van der Waals surface area contributed by atoms with Gasteiger partial charge >= 0.3 is 0 Å². The molecule has 94 valence electrons. The molecule has 1 aromatic rings. The molecule has 0 heterocycles. The predicted molar refractivity (Wildman–Crippen MR) is 71.0 cm³/mol. The number of amides is 1. The summed E-state index contributed by atoms with van der Waals surface area (Å²) in [5, 5.41) is 3.63. The normalized spacial score (nSPS) is 12.6. The van der Waals surface area contributed by atoms with Gasteiger partial charge < -0.3 is 5.32 Å². The van der Waals surface area contributed by atoms with E-state index in [9.17, 15) is 9.18 Å². The van der Waals surface area contributed by atoms with Crippen LogP contribution in [0.25, 0.3) is 0 Å². The van der Waals surface area contributed by atoms with Crippen LogP contribution < -0.4 is 5.32 Å². The van der Waals surface area contributed by atoms with E-state index in [0.717, 1.165) is 0 Å². The Morgan fingerprint density at radius 2 is 2.12 bits per heavy atom. The Kier molecular flexibility index (Phi) is 5.12. The number of alkyl halides is 1. The lowest BCUT2D eigenvalue weighted by molar-refractivity contribution is 0.0931. The highest BCUT2D eigenvalue weighted by Crippen LogP contribution is 2.11. The lowest BCUT2D eigenvalue weighted by Crippen LogP contribution is -2.39. The van der Waals surface area contributed by atoms with Gasteiger partial charge in [-0.3, -0.25) is 4.79 Å². The lowest BCUT2D eigenvalue weighted by atomic mass is 10.1. The van der Waals surface area contributed by atoms with E-state index in [2.05, 4.69) is 21.2 Å². The van der Waals surface area contributed by atoms with E-state index in [4.69, 9.17) is 0 Å². The molecule has 1 unspecified atom stereocenters. The maximum absolute atomic E-state index is 13.1. The molecule has 0 aliphatic heterocycles. The fourth-order valence-corrected chi connectivity index (χ4v) is 2.33. The third-order valence-corrected chi connectivity index (χ3v) is 3.41. The van der Waals surface area contributed by atoms with Crippen molar-refractivity contribution >= 4 is 21.8 Å². The van der Waals surface area contributed by atoms with Crippen molar-refractivity contribution in [1.29, 1.82) is 0 Å². The van der Waals surface area contributed by atoms with Crippen LogP contribution in [-0.4, -0.2) is 17.3 Å². The zero-order valence-electron chi connectivity index (χ0n) is 10.3. The summed E-state index contributed by atoms with van der Waals surface area (Å²) in [6.45, 7) is 5.74. The molecule has 0 saturated heterocycles. The Morgan fingerprint density at radius 1 is 1.47 bits per heavy atom. The lowest BCUT2D eigenvalue weighted by Gasteiger charge is -2.20. The number of aryl methyl sites for hydroxylation is 1. The fraction of sp³-hybridized carbons (Fsp3) is 0.462. The number of halogens is 2. The first kappa shape index (κ1) is 14.2. The second-order valence-corrected chi connectivity index (χ2v) is 5.09. The first-order chi connectivity index (χ1) is 7.95. The van der Waals surface area contributed by atoms with Crippen LogP contribution >= 0.6 is 15.9 Å². The highest BCUT2D eigenvalue weighted by atomic mass is 79.9. The molecular formula is C13H17BrFNO. The summed E-state index contributed by atoms with van der Waals surface area (Å²) < 4.78 is 13.1. The molecular weight excluding hydrogens is 285 g/mol. The summed E-state index contributed by atoms with van der Waals surface area (Å²) in [5.41, 5.74) is 0.980. The van der Waals surface area contributed by atoms with Crippen LogP contribution in [0.15, 0.2) is 18.2 Å². The van der Waals surface area contributed by atoms with E-state index in [1.54, 1.807) is 13.0 Å². The van der Waals surface area contributed by atoms with Crippen molar-refractivity contribution in [2.75, 3.05) is 5.33 Å². The summed E-state index contributed by atoms with van der Waals surface area (Å²) in [5.74, 6) is -0.103. The molecule has 0 saturated carbocycles. The van der Waals surface area contributed by atoms with Gasteiger partial charge in [0.15, 0.2) is 0 Å². The minimum atomic E-state index is -0.289. The monoisotopic (exact) mass is 301 g/mol. The molecule has 1 aromatic carbocycles. The van der Waals surface area contributed by atoms with Crippen LogP contribution in [0.5, 0.6) is 0 Å². The van der Waals surface area contributed by atoms with Crippen LogP contribution in [0.1, 0.15) is 29.8 Å². The zero-order valence-corrected chi connectivity index (χ0v) is 11.8. The number of rotatable bonds is 4. The Hall–Kier alpha value is -0.900. The molecule has 0 aliphatic rings. The quantitative estimate of drug-likeness (QED) is 0.850. The molecule has 0 radical (unpaired) electrons. The van der Waals surface area contributed by atoms with Crippen LogP contribution in [0.2, 0.25) is 0 Å². The van der Waals surface area contributed by atoms with Crippen LogP contribution in [0, 0.1) is 18.7 Å². The van der Waals surface area contributed by atoms with Crippen LogP contribution in [0.3, 0.4) is 0 Å². The van der Waals surface area contributed by atoms with Gasteiger partial charge in [-0.05, 0) is 36.6 Å². The summed E-state index contributed by atoms with van der Waals surface area (Å²) >= 11 is 3.37. The van der Waals surface area contributed by atoms with Crippen molar-refractivity contribution in [2.45, 2.75) is 26.8 Å². The van der Waals surface area contributed by atoms with Gasteiger partial charge in [0.1, 0.15) is 5.82 Å². The molecule has 0 aromatic heterocycles. The molecule has 4 heteroatoms. The zero-order chi connectivity index (χ0) is 13.0. The summed E-state index contributed by atoms with van der Waals surface area (Å²) in [6, 6.07) is 4.47. The number of benzene rings is 1. The van der Waals surface area contributed by atoms with E-state index >= 15 is 0 Å². The predicted octanol–water partition coefficient (Wildman–Crippen LogP) is 3.28. The topological polar surface area (TPSA) is 29.1 Å². The molecule has 0 aliphatic carbocycles. The van der Waals surface area contributed by atoms with Gasteiger partial charge in [-0.15, -0.1) is 0 Å². The van der Waals surface area contributed by atoms with Gasteiger partial charge in [-0.2, -0.15) is 0 Å². The van der Waals surface area contributed by atoms with E-state index < -0.39 is 0 Å². The van der Waals surface area contributed by atoms with E-state index in [1.807, 2.05) is 13.8 Å². The average molecular weight is 302 g/mol. The van der Waals surface area contributed by atoms with Gasteiger partial charge in [0.05, 0.1) is 0 Å². The van der Waals surface area contributed by atoms with Crippen molar-refractivity contribution in [3.05, 3.63) is 35.1 Å². The van der Waals surface area contributed by atoms with Gasteiger partial charge in [0, 0.05) is 16.9 Å². The van der Waals surface area contributed by atoms with Gasteiger partial charge in [0.2, 0.25) is 0 Å². The Bertz CT molecular complexity index is 406. The van der Waals surface area contributed by atoms with Gasteiger partial charge in [-0.1, -0.05) is 29.8 Å². The Labute approximate surface area is 110 Å². The largest absolute Gasteiger partial charge is 0.348 e. The standard InChI is InChI=1S/C13H17BrFNO/c1-8(2)12(7-14)16-13(17)10-4-5-11(15)9(3)6-10/h4-6,8,12H,7H2,1-3H3,(H,16,17). The average Bonchev–Trinajstić information content (AvgIpc) is 2.28. The van der Waals surface area contributed by atoms with E-state index in [0.29, 0.717) is 22.4 Å². The first-order valence-electron chi connectivity index (χ1n) is 5.58. The number of carbonyl (C=O) groups excluding carboxylic acids is 1. The van der Waals surface area contributed by atoms with E-state index in [-0.39, 0.29) is 17.8 Å². The highest BCUT2D eigenvalue weighted by molar-refractivity contribution is 9.09. The summed E-state index contributed by atoms with van der Waals surface area (Å²) in [6.07, 6.45) is 0. The SMILES string of the molecule is Cc1cc(C(=O)NC(CBr)C(C)C)ccc1F. The fourth-order valence-electron chi connectivity index (χ4n) is 1.42. The maximum Gasteiger partial charge on any atom is 0.251 e. The van der Waals surface area contributed by atoms with Crippen molar-refractivity contribution in [3.8, 4) is 0 Å². The molecule has 1 N–H and O–H groups in total. The van der Waals surface area contributed by atoms with Crippen molar-refractivity contribution in [1.82, 2.24) is 5.32 Å². The molecule has 1 atom stereocenters. The smallest absolute Gasteiger partial charge is 0.251 e. The van der Waals surface area contributed by atoms with Crippen LogP contribution in [0.4, 0.5) is 4.39 Å². The molecule has 0 bridgehead atoms. The number of hydrogen-bond acceptors (Lipinski definition) is 1. The molecule has 17 heavy (non-hydrogen) atoms. The molecule has 0 fully saturated rings. The molecule has 2 nitrogen and oxygen atoms in total. The number of carbonyl (C=O) groups is 1. The molecule has 1 rings (SSSR count). The summed E-state index contributed by atoms with van der Waals surface area (Å²) in [4.78, 5) is 11.9. The second-order valence-electron chi connectivity index (χ2n) is 4.44. The number of hydrogen-bond donors (Lipinski definition) is 1. The van der Waals surface area contributed by atoms with Crippen LogP contribution in [-0.2, 0) is 0 Å². The highest BCUT2D eigenvalue weighted by Gasteiger charge is 2.16. The Balaban J connectivity index is 2.79.